The first kappa shape index (κ1) is 30.0. The van der Waals surface area contributed by atoms with Crippen LogP contribution in [0.25, 0.3) is 0 Å². The van der Waals surface area contributed by atoms with Gasteiger partial charge in [-0.2, -0.15) is 0 Å². The van der Waals surface area contributed by atoms with Gasteiger partial charge in [-0.15, -0.1) is 0 Å². The normalized spacial score (nSPS) is 29.2. The number of nitrogens with zero attached hydrogens (tertiary/aromatic N) is 3. The maximum atomic E-state index is 14.6. The first-order valence-electron chi connectivity index (χ1n) is 15.7. The molecule has 4 aliphatic rings. The number of anilines is 2. The fourth-order valence-corrected chi connectivity index (χ4v) is 10.6. The van der Waals surface area contributed by atoms with Gasteiger partial charge < -0.3 is 29.3 Å². The molecular formula is C33H43N3O6Si. The third-order valence-corrected chi connectivity index (χ3v) is 12.6. The molecule has 43 heavy (non-hydrogen) atoms. The van der Waals surface area contributed by atoms with Gasteiger partial charge in [0.05, 0.1) is 37.4 Å². The van der Waals surface area contributed by atoms with Gasteiger partial charge in [-0.25, -0.2) is 0 Å². The lowest BCUT2D eigenvalue weighted by Gasteiger charge is -2.32. The second-order valence-electron chi connectivity index (χ2n) is 13.2. The predicted molar refractivity (Wildman–Crippen MR) is 166 cm³/mol. The Bertz CT molecular complexity index is 1390. The van der Waals surface area contributed by atoms with Gasteiger partial charge in [0, 0.05) is 42.2 Å². The van der Waals surface area contributed by atoms with Crippen molar-refractivity contribution in [2.45, 2.75) is 88.4 Å². The minimum Gasteiger partial charge on any atom is -0.432 e. The Morgan fingerprint density at radius 3 is 2.49 bits per heavy atom. The van der Waals surface area contributed by atoms with Crippen molar-refractivity contribution < 1.29 is 29.0 Å². The molecule has 9 nitrogen and oxygen atoms in total. The summed E-state index contributed by atoms with van der Waals surface area (Å²) in [4.78, 5) is 57.3. The monoisotopic (exact) mass is 605 g/mol. The largest absolute Gasteiger partial charge is 0.432 e. The zero-order valence-corrected chi connectivity index (χ0v) is 26.4. The first-order valence-corrected chi connectivity index (χ1v) is 18.7. The van der Waals surface area contributed by atoms with E-state index in [0.29, 0.717) is 19.5 Å². The highest BCUT2D eigenvalue weighted by atomic mass is 28.4. The van der Waals surface area contributed by atoms with Gasteiger partial charge in [0.15, 0.2) is 13.9 Å². The first-order chi connectivity index (χ1) is 20.6. The minimum absolute atomic E-state index is 0.0658. The molecule has 230 valence electrons. The number of aliphatic hydroxyl groups excluding tert-OH is 1. The van der Waals surface area contributed by atoms with Crippen molar-refractivity contribution in [1.82, 2.24) is 4.90 Å². The lowest BCUT2D eigenvalue weighted by Crippen LogP contribution is -2.46. The fraction of sp³-hybridized carbons (Fsp3) is 0.545. The fourth-order valence-electron chi connectivity index (χ4n) is 8.07. The molecule has 2 aromatic carbocycles. The van der Waals surface area contributed by atoms with Crippen LogP contribution in [-0.4, -0.2) is 72.7 Å². The van der Waals surface area contributed by atoms with E-state index >= 15 is 0 Å². The maximum Gasteiger partial charge on any atom is 0.264 e. The van der Waals surface area contributed by atoms with Crippen LogP contribution in [0.5, 0.6) is 0 Å². The number of aliphatic hydroxyl groups is 1. The molecule has 3 fully saturated rings. The van der Waals surface area contributed by atoms with Crippen molar-refractivity contribution in [3.8, 4) is 0 Å². The third-order valence-electron chi connectivity index (χ3n) is 10.1. The number of fused-ring (bicyclic) bond motifs is 2. The molecule has 2 aromatic rings. The molecule has 10 heteroatoms. The van der Waals surface area contributed by atoms with E-state index in [1.54, 1.807) is 9.80 Å². The van der Waals surface area contributed by atoms with Crippen molar-refractivity contribution in [3.05, 3.63) is 59.7 Å². The molecule has 0 aliphatic carbocycles. The standard InChI is InChI=1S/C33H43N3O6Si/c1-22-31(43(2,3)41)28(19-30(39)35-18-8-9-25(35)21-37)42-33(22)26-10-4-5-11-27(26)36(32(33)40)20-23-13-15-24(16-14-23)34-17-7-6-12-29(34)38/h4-5,10-11,13-16,22,25,28,31,37,41H,6-9,12,17-21H2,1-3H3/t22-,25+,28+,31-,33+/m1/s1. The van der Waals surface area contributed by atoms with Crippen LogP contribution >= 0.6 is 0 Å². The Morgan fingerprint density at radius 1 is 1.05 bits per heavy atom. The second kappa shape index (κ2) is 11.5. The number of amides is 3. The van der Waals surface area contributed by atoms with Gasteiger partial charge >= 0.3 is 0 Å². The van der Waals surface area contributed by atoms with Gasteiger partial charge in [0.25, 0.3) is 5.91 Å². The molecule has 2 N–H and O–H groups in total. The summed E-state index contributed by atoms with van der Waals surface area (Å²) in [5.41, 5.74) is 1.71. The van der Waals surface area contributed by atoms with Crippen molar-refractivity contribution in [1.29, 1.82) is 0 Å². The average Bonchev–Trinajstić information content (AvgIpc) is 3.64. The summed E-state index contributed by atoms with van der Waals surface area (Å²) in [6.45, 7) is 7.29. The number of carbonyl (C=O) groups is 3. The smallest absolute Gasteiger partial charge is 0.264 e. The van der Waals surface area contributed by atoms with Crippen LogP contribution in [-0.2, 0) is 31.3 Å². The summed E-state index contributed by atoms with van der Waals surface area (Å²) in [5.74, 6) is -0.483. The molecule has 3 amide bonds. The van der Waals surface area contributed by atoms with Crippen molar-refractivity contribution in [2.24, 2.45) is 5.92 Å². The summed E-state index contributed by atoms with van der Waals surface area (Å²) in [6.07, 6.45) is 3.56. The van der Waals surface area contributed by atoms with Crippen LogP contribution in [0, 0.1) is 5.92 Å². The van der Waals surface area contributed by atoms with Crippen LogP contribution in [0.3, 0.4) is 0 Å². The lowest BCUT2D eigenvalue weighted by molar-refractivity contribution is -0.150. The summed E-state index contributed by atoms with van der Waals surface area (Å²) >= 11 is 0. The Kier molecular flexibility index (Phi) is 8.00. The molecule has 6 rings (SSSR count). The zero-order valence-electron chi connectivity index (χ0n) is 25.4. The van der Waals surface area contributed by atoms with E-state index < -0.39 is 20.0 Å². The molecule has 0 saturated carbocycles. The lowest BCUT2D eigenvalue weighted by atomic mass is 9.82. The number of hydrogen-bond acceptors (Lipinski definition) is 6. The van der Waals surface area contributed by atoms with E-state index in [-0.39, 0.29) is 48.3 Å². The summed E-state index contributed by atoms with van der Waals surface area (Å²) in [6, 6.07) is 15.3. The van der Waals surface area contributed by atoms with Gasteiger partial charge in [-0.05, 0) is 62.5 Å². The molecular weight excluding hydrogens is 562 g/mol. The number of ether oxygens (including phenoxy) is 1. The molecule has 1 spiro atoms. The average molecular weight is 606 g/mol. The predicted octanol–water partition coefficient (Wildman–Crippen LogP) is 3.92. The second-order valence-corrected chi connectivity index (χ2v) is 17.2. The Balaban J connectivity index is 1.29. The molecule has 0 aromatic heterocycles. The summed E-state index contributed by atoms with van der Waals surface area (Å²) in [5, 5.41) is 9.80. The van der Waals surface area contributed by atoms with Crippen LogP contribution in [0.1, 0.15) is 56.6 Å². The Hall–Kier alpha value is -3.05. The molecule has 4 aliphatic heterocycles. The molecule has 5 atom stereocenters. The summed E-state index contributed by atoms with van der Waals surface area (Å²) in [7, 11) is -2.90. The molecule has 0 radical (unpaired) electrons. The van der Waals surface area contributed by atoms with Crippen molar-refractivity contribution in [3.63, 3.8) is 0 Å². The maximum absolute atomic E-state index is 14.6. The summed E-state index contributed by atoms with van der Waals surface area (Å²) < 4.78 is 6.81. The Labute approximate surface area is 254 Å². The van der Waals surface area contributed by atoms with Crippen LogP contribution in [0.15, 0.2) is 48.5 Å². The van der Waals surface area contributed by atoms with E-state index in [9.17, 15) is 24.3 Å². The number of hydrogen-bond donors (Lipinski definition) is 2. The highest BCUT2D eigenvalue weighted by molar-refractivity contribution is 6.71. The van der Waals surface area contributed by atoms with Crippen LogP contribution in [0.2, 0.25) is 18.6 Å². The van der Waals surface area contributed by atoms with Crippen molar-refractivity contribution in [2.75, 3.05) is 29.5 Å². The number of piperidine rings is 1. The highest BCUT2D eigenvalue weighted by Crippen LogP contribution is 2.59. The molecule has 4 heterocycles. The highest BCUT2D eigenvalue weighted by Gasteiger charge is 2.66. The minimum atomic E-state index is -2.90. The Morgan fingerprint density at radius 2 is 1.79 bits per heavy atom. The van der Waals surface area contributed by atoms with E-state index in [0.717, 1.165) is 54.7 Å². The quantitative estimate of drug-likeness (QED) is 0.463. The van der Waals surface area contributed by atoms with Gasteiger partial charge in [0.2, 0.25) is 11.8 Å². The van der Waals surface area contributed by atoms with E-state index in [2.05, 4.69) is 0 Å². The SMILES string of the molecule is C[C@@H]1[C@@H]([Si](C)(C)O)[C@H](CC(=O)N2CCC[C@H]2CO)O[C@@]12C(=O)N(Cc1ccc(N3CCCCC3=O)cc1)c1ccccc12. The van der Waals surface area contributed by atoms with E-state index in [1.807, 2.05) is 73.4 Å². The number of rotatable bonds is 7. The van der Waals surface area contributed by atoms with Crippen LogP contribution < -0.4 is 9.80 Å². The van der Waals surface area contributed by atoms with E-state index in [1.165, 1.54) is 0 Å². The molecule has 0 unspecified atom stereocenters. The number of para-hydroxylation sites is 1. The van der Waals surface area contributed by atoms with Gasteiger partial charge in [0.1, 0.15) is 0 Å². The topological polar surface area (TPSA) is 111 Å². The number of carbonyl (C=O) groups excluding carboxylic acids is 3. The third kappa shape index (κ3) is 5.12. The number of likely N-dealkylation sites (tertiary alicyclic amines) is 1. The van der Waals surface area contributed by atoms with Crippen molar-refractivity contribution >= 4 is 37.4 Å². The molecule has 3 saturated heterocycles. The number of benzene rings is 2. The molecule has 0 bridgehead atoms. The van der Waals surface area contributed by atoms with Crippen LogP contribution in [0.4, 0.5) is 11.4 Å². The van der Waals surface area contributed by atoms with E-state index in [4.69, 9.17) is 4.74 Å². The zero-order chi connectivity index (χ0) is 30.5. The van der Waals surface area contributed by atoms with Gasteiger partial charge in [-0.1, -0.05) is 37.3 Å². The van der Waals surface area contributed by atoms with Gasteiger partial charge in [-0.3, -0.25) is 14.4 Å².